The number of aliphatic carboxylic acids is 3. The number of aromatic hydroxyl groups is 1. The third-order valence-corrected chi connectivity index (χ3v) is 2.87. The minimum atomic E-state index is -2.14. The smallest absolute Gasteiger partial charge is 0.345 e. The van der Waals surface area contributed by atoms with E-state index >= 15 is 0 Å². The van der Waals surface area contributed by atoms with E-state index in [9.17, 15) is 19.2 Å². The molecule has 0 aliphatic heterocycles. The SMILES string of the molecule is O=C(O)C[C@H](C(=O)O)[C@@H](OC(=O)/C=C/c1ccc(O)cc1)C(=O)O. The molecule has 0 spiro atoms. The number of carbonyl (C=O) groups excluding carboxylic acids is 1. The molecule has 128 valence electrons. The Labute approximate surface area is 135 Å². The molecule has 0 saturated heterocycles. The second kappa shape index (κ2) is 8.32. The highest BCUT2D eigenvalue weighted by molar-refractivity contribution is 5.91. The summed E-state index contributed by atoms with van der Waals surface area (Å²) in [5, 5.41) is 35.7. The van der Waals surface area contributed by atoms with Crippen molar-refractivity contribution in [2.75, 3.05) is 0 Å². The highest BCUT2D eigenvalue weighted by atomic mass is 16.6. The van der Waals surface area contributed by atoms with E-state index in [0.29, 0.717) is 5.56 Å². The van der Waals surface area contributed by atoms with Crippen molar-refractivity contribution in [1.82, 2.24) is 0 Å². The first kappa shape index (κ1) is 18.7. The molecule has 0 amide bonds. The molecule has 2 atom stereocenters. The van der Waals surface area contributed by atoms with E-state index in [4.69, 9.17) is 20.4 Å². The predicted molar refractivity (Wildman–Crippen MR) is 78.0 cm³/mol. The Morgan fingerprint density at radius 1 is 1.00 bits per heavy atom. The Morgan fingerprint density at radius 2 is 1.58 bits per heavy atom. The van der Waals surface area contributed by atoms with E-state index in [0.717, 1.165) is 6.08 Å². The Balaban J connectivity index is 2.85. The molecule has 0 aliphatic carbocycles. The topological polar surface area (TPSA) is 158 Å². The molecule has 0 unspecified atom stereocenters. The molecule has 0 aromatic heterocycles. The van der Waals surface area contributed by atoms with Crippen molar-refractivity contribution < 1.29 is 44.3 Å². The summed E-state index contributed by atoms with van der Waals surface area (Å²) in [5.41, 5.74) is 0.497. The third-order valence-electron chi connectivity index (χ3n) is 2.87. The molecule has 0 radical (unpaired) electrons. The lowest BCUT2D eigenvalue weighted by atomic mass is 9.98. The molecule has 0 aliphatic rings. The zero-order valence-corrected chi connectivity index (χ0v) is 12.2. The fourth-order valence-electron chi connectivity index (χ4n) is 1.73. The van der Waals surface area contributed by atoms with Crippen LogP contribution in [-0.4, -0.2) is 50.4 Å². The highest BCUT2D eigenvalue weighted by Gasteiger charge is 2.38. The third kappa shape index (κ3) is 5.79. The van der Waals surface area contributed by atoms with Crippen LogP contribution in [0.15, 0.2) is 30.3 Å². The first-order valence-corrected chi connectivity index (χ1v) is 6.56. The van der Waals surface area contributed by atoms with Crippen LogP contribution in [0.5, 0.6) is 5.75 Å². The van der Waals surface area contributed by atoms with E-state index in [1.807, 2.05) is 0 Å². The lowest BCUT2D eigenvalue weighted by molar-refractivity contribution is -0.172. The van der Waals surface area contributed by atoms with E-state index in [2.05, 4.69) is 4.74 Å². The van der Waals surface area contributed by atoms with Gasteiger partial charge in [-0.1, -0.05) is 12.1 Å². The summed E-state index contributed by atoms with van der Waals surface area (Å²) in [7, 11) is 0. The number of ether oxygens (including phenoxy) is 1. The quantitative estimate of drug-likeness (QED) is 0.393. The van der Waals surface area contributed by atoms with Gasteiger partial charge in [0.15, 0.2) is 0 Å². The molecular weight excluding hydrogens is 324 g/mol. The molecule has 4 N–H and O–H groups in total. The van der Waals surface area contributed by atoms with Gasteiger partial charge < -0.3 is 25.2 Å². The zero-order chi connectivity index (χ0) is 18.3. The number of phenols is 1. The maximum absolute atomic E-state index is 11.6. The molecule has 24 heavy (non-hydrogen) atoms. The summed E-state index contributed by atoms with van der Waals surface area (Å²) in [6, 6.07) is 5.66. The van der Waals surface area contributed by atoms with Crippen LogP contribution >= 0.6 is 0 Å². The van der Waals surface area contributed by atoms with Gasteiger partial charge in [-0.05, 0) is 23.8 Å². The molecule has 0 heterocycles. The second-order valence-corrected chi connectivity index (χ2v) is 4.66. The number of carboxylic acids is 3. The van der Waals surface area contributed by atoms with Gasteiger partial charge in [-0.15, -0.1) is 0 Å². The molecule has 0 bridgehead atoms. The van der Waals surface area contributed by atoms with Crippen LogP contribution in [0, 0.1) is 5.92 Å². The minimum absolute atomic E-state index is 0.0126. The Bertz CT molecular complexity index is 660. The Kier molecular flexibility index (Phi) is 6.48. The molecule has 9 heteroatoms. The van der Waals surface area contributed by atoms with Gasteiger partial charge in [-0.25, -0.2) is 9.59 Å². The number of benzene rings is 1. The van der Waals surface area contributed by atoms with Gasteiger partial charge in [0.1, 0.15) is 11.7 Å². The standard InChI is InChI=1S/C15H14O9/c16-9-4-1-8(2-5-9)3-6-12(19)24-13(15(22)23)10(14(20)21)7-11(17)18/h1-6,10,13,16H,7H2,(H,17,18)(H,20,21)(H,22,23)/b6-3+/t10-,13+/m0/s1. The first-order chi connectivity index (χ1) is 11.2. The number of hydrogen-bond acceptors (Lipinski definition) is 6. The summed E-state index contributed by atoms with van der Waals surface area (Å²) in [6.45, 7) is 0. The maximum Gasteiger partial charge on any atom is 0.345 e. The van der Waals surface area contributed by atoms with Crippen LogP contribution in [0.2, 0.25) is 0 Å². The fourth-order valence-corrected chi connectivity index (χ4v) is 1.73. The zero-order valence-electron chi connectivity index (χ0n) is 12.2. The number of rotatable bonds is 8. The Hall–Kier alpha value is -3.36. The van der Waals surface area contributed by atoms with Crippen LogP contribution in [0.1, 0.15) is 12.0 Å². The summed E-state index contributed by atoms with van der Waals surface area (Å²) < 4.78 is 4.56. The first-order valence-electron chi connectivity index (χ1n) is 6.56. The maximum atomic E-state index is 11.6. The number of hydrogen-bond donors (Lipinski definition) is 4. The van der Waals surface area contributed by atoms with Crippen LogP contribution in [0.25, 0.3) is 6.08 Å². The summed E-state index contributed by atoms with van der Waals surface area (Å²) in [6.07, 6.45) is -1.03. The highest BCUT2D eigenvalue weighted by Crippen LogP contribution is 2.15. The molecule has 9 nitrogen and oxygen atoms in total. The Morgan fingerprint density at radius 3 is 2.04 bits per heavy atom. The van der Waals surface area contributed by atoms with Crippen LogP contribution < -0.4 is 0 Å². The van der Waals surface area contributed by atoms with Gasteiger partial charge in [0, 0.05) is 6.08 Å². The normalized spacial score (nSPS) is 13.2. The van der Waals surface area contributed by atoms with Crippen LogP contribution in [-0.2, 0) is 23.9 Å². The average Bonchev–Trinajstić information content (AvgIpc) is 2.49. The van der Waals surface area contributed by atoms with Crippen molar-refractivity contribution in [3.8, 4) is 5.75 Å². The largest absolute Gasteiger partial charge is 0.508 e. The monoisotopic (exact) mass is 338 g/mol. The van der Waals surface area contributed by atoms with Gasteiger partial charge in [0.2, 0.25) is 6.10 Å². The molecule has 0 fully saturated rings. The van der Waals surface area contributed by atoms with Crippen molar-refractivity contribution in [1.29, 1.82) is 0 Å². The number of esters is 1. The minimum Gasteiger partial charge on any atom is -0.508 e. The molecule has 0 saturated carbocycles. The molecule has 1 aromatic rings. The van der Waals surface area contributed by atoms with E-state index in [1.165, 1.54) is 30.3 Å². The van der Waals surface area contributed by atoms with E-state index in [-0.39, 0.29) is 5.75 Å². The van der Waals surface area contributed by atoms with Gasteiger partial charge in [-0.2, -0.15) is 0 Å². The van der Waals surface area contributed by atoms with Crippen molar-refractivity contribution in [3.05, 3.63) is 35.9 Å². The van der Waals surface area contributed by atoms with Gasteiger partial charge >= 0.3 is 23.9 Å². The lowest BCUT2D eigenvalue weighted by Crippen LogP contribution is -2.39. The summed E-state index contributed by atoms with van der Waals surface area (Å²) >= 11 is 0. The second-order valence-electron chi connectivity index (χ2n) is 4.66. The van der Waals surface area contributed by atoms with Crippen molar-refractivity contribution in [2.24, 2.45) is 5.92 Å². The summed E-state index contributed by atoms with van der Waals surface area (Å²) in [5.74, 6) is -8.07. The van der Waals surface area contributed by atoms with Gasteiger partial charge in [0.05, 0.1) is 6.42 Å². The van der Waals surface area contributed by atoms with Crippen molar-refractivity contribution in [2.45, 2.75) is 12.5 Å². The number of phenolic OH excluding ortho intramolecular Hbond substituents is 1. The molecular formula is C15H14O9. The van der Waals surface area contributed by atoms with Crippen LogP contribution in [0.3, 0.4) is 0 Å². The lowest BCUT2D eigenvalue weighted by Gasteiger charge is -2.18. The van der Waals surface area contributed by atoms with Gasteiger partial charge in [-0.3, -0.25) is 9.59 Å². The van der Waals surface area contributed by atoms with E-state index < -0.39 is 42.3 Å². The van der Waals surface area contributed by atoms with E-state index in [1.54, 1.807) is 0 Å². The number of carbonyl (C=O) groups is 4. The molecule has 1 rings (SSSR count). The molecule has 1 aromatic carbocycles. The predicted octanol–water partition coefficient (Wildman–Crippen LogP) is 0.577. The van der Waals surface area contributed by atoms with Gasteiger partial charge in [0.25, 0.3) is 0 Å². The van der Waals surface area contributed by atoms with Crippen LogP contribution in [0.4, 0.5) is 0 Å². The van der Waals surface area contributed by atoms with Crippen molar-refractivity contribution >= 4 is 30.0 Å². The van der Waals surface area contributed by atoms with Crippen molar-refractivity contribution in [3.63, 3.8) is 0 Å². The number of carboxylic acid groups (broad SMARTS) is 3. The summed E-state index contributed by atoms with van der Waals surface area (Å²) in [4.78, 5) is 44.4. The average molecular weight is 338 g/mol. The fraction of sp³-hybridized carbons (Fsp3) is 0.200.